The number of nitrogens with two attached hydrogens (primary N) is 1. The van der Waals surface area contributed by atoms with E-state index < -0.39 is 11.6 Å². The number of halogens is 2. The lowest BCUT2D eigenvalue weighted by atomic mass is 10.3. The predicted octanol–water partition coefficient (Wildman–Crippen LogP) is 1.81. The fourth-order valence-electron chi connectivity index (χ4n) is 1.50. The highest BCUT2D eigenvalue weighted by Crippen LogP contribution is 2.26. The van der Waals surface area contributed by atoms with E-state index in [1.165, 1.54) is 24.1 Å². The van der Waals surface area contributed by atoms with E-state index in [2.05, 4.69) is 15.4 Å². The molecule has 2 aromatic rings. The Hall–Kier alpha value is -2.28. The maximum atomic E-state index is 13.6. The Kier molecular flexibility index (Phi) is 3.33. The SMILES string of the molecule is CN(c1ccccc1F)c1nc(NN)ncc1F. The van der Waals surface area contributed by atoms with Gasteiger partial charge in [-0.2, -0.15) is 4.98 Å². The lowest BCUT2D eigenvalue weighted by molar-refractivity contribution is 0.607. The molecule has 0 radical (unpaired) electrons. The molecule has 7 heteroatoms. The topological polar surface area (TPSA) is 67.1 Å². The lowest BCUT2D eigenvalue weighted by Gasteiger charge is -2.19. The summed E-state index contributed by atoms with van der Waals surface area (Å²) in [5, 5.41) is 0. The Morgan fingerprint density at radius 1 is 1.22 bits per heavy atom. The summed E-state index contributed by atoms with van der Waals surface area (Å²) >= 11 is 0. The van der Waals surface area contributed by atoms with E-state index in [-0.39, 0.29) is 17.5 Å². The quantitative estimate of drug-likeness (QED) is 0.643. The molecular weight excluding hydrogens is 240 g/mol. The summed E-state index contributed by atoms with van der Waals surface area (Å²) in [4.78, 5) is 8.74. The number of benzene rings is 1. The zero-order valence-electron chi connectivity index (χ0n) is 9.56. The van der Waals surface area contributed by atoms with Gasteiger partial charge in [0.25, 0.3) is 0 Å². The van der Waals surface area contributed by atoms with Crippen LogP contribution in [-0.2, 0) is 0 Å². The van der Waals surface area contributed by atoms with Crippen molar-refractivity contribution in [3.8, 4) is 0 Å². The summed E-state index contributed by atoms with van der Waals surface area (Å²) < 4.78 is 27.2. The number of rotatable bonds is 3. The molecule has 0 spiro atoms. The van der Waals surface area contributed by atoms with E-state index in [0.29, 0.717) is 0 Å². The maximum absolute atomic E-state index is 13.6. The molecule has 18 heavy (non-hydrogen) atoms. The van der Waals surface area contributed by atoms with Crippen molar-refractivity contribution in [3.05, 3.63) is 42.1 Å². The van der Waals surface area contributed by atoms with Crippen LogP contribution in [-0.4, -0.2) is 17.0 Å². The highest BCUT2D eigenvalue weighted by molar-refractivity contribution is 5.60. The number of nitrogens with one attached hydrogen (secondary N) is 1. The molecule has 94 valence electrons. The molecular formula is C11H11F2N5. The van der Waals surface area contributed by atoms with Gasteiger partial charge in [0.1, 0.15) is 5.82 Å². The number of hydrogen-bond acceptors (Lipinski definition) is 5. The average molecular weight is 251 g/mol. The van der Waals surface area contributed by atoms with Gasteiger partial charge in [-0.3, -0.25) is 5.43 Å². The number of anilines is 3. The molecule has 2 rings (SSSR count). The van der Waals surface area contributed by atoms with Crippen molar-refractivity contribution in [2.75, 3.05) is 17.4 Å². The van der Waals surface area contributed by atoms with Crippen molar-refractivity contribution in [1.82, 2.24) is 9.97 Å². The molecule has 0 aliphatic carbocycles. The van der Waals surface area contributed by atoms with Crippen LogP contribution >= 0.6 is 0 Å². The van der Waals surface area contributed by atoms with Crippen molar-refractivity contribution < 1.29 is 8.78 Å². The van der Waals surface area contributed by atoms with Crippen LogP contribution in [0.3, 0.4) is 0 Å². The number of nitrogens with zero attached hydrogens (tertiary/aromatic N) is 3. The Morgan fingerprint density at radius 2 is 1.94 bits per heavy atom. The minimum atomic E-state index is -0.667. The van der Waals surface area contributed by atoms with E-state index >= 15 is 0 Å². The molecule has 1 aromatic heterocycles. The zero-order valence-corrected chi connectivity index (χ0v) is 9.56. The van der Waals surface area contributed by atoms with Crippen LogP contribution in [0, 0.1) is 11.6 Å². The van der Waals surface area contributed by atoms with E-state index in [9.17, 15) is 8.78 Å². The standard InChI is InChI=1S/C11H11F2N5/c1-18(9-5-3-2-4-7(9)12)10-8(13)6-15-11(16-10)17-14/h2-6H,14H2,1H3,(H,15,16,17). The lowest BCUT2D eigenvalue weighted by Crippen LogP contribution is -2.18. The first-order valence-corrected chi connectivity index (χ1v) is 5.11. The molecule has 5 nitrogen and oxygen atoms in total. The summed E-state index contributed by atoms with van der Waals surface area (Å²) in [5.74, 6) is 3.99. The first kappa shape index (κ1) is 12.2. The van der Waals surface area contributed by atoms with Gasteiger partial charge in [-0.25, -0.2) is 19.6 Å². The number of aromatic nitrogens is 2. The van der Waals surface area contributed by atoms with Crippen molar-refractivity contribution in [3.63, 3.8) is 0 Å². The van der Waals surface area contributed by atoms with Gasteiger partial charge >= 0.3 is 0 Å². The smallest absolute Gasteiger partial charge is 0.239 e. The second-order valence-corrected chi connectivity index (χ2v) is 3.52. The average Bonchev–Trinajstić information content (AvgIpc) is 2.39. The van der Waals surface area contributed by atoms with Crippen LogP contribution in [0.2, 0.25) is 0 Å². The zero-order chi connectivity index (χ0) is 13.1. The molecule has 0 unspecified atom stereocenters. The third kappa shape index (κ3) is 2.21. The Bertz CT molecular complexity index is 561. The summed E-state index contributed by atoms with van der Waals surface area (Å²) in [7, 11) is 1.50. The summed E-state index contributed by atoms with van der Waals surface area (Å²) in [6.07, 6.45) is 0.967. The normalized spacial score (nSPS) is 10.2. The minimum Gasteiger partial charge on any atom is -0.324 e. The monoisotopic (exact) mass is 251 g/mol. The van der Waals surface area contributed by atoms with Gasteiger partial charge in [0.15, 0.2) is 11.6 Å². The molecule has 0 fully saturated rings. The predicted molar refractivity (Wildman–Crippen MR) is 64.3 cm³/mol. The summed E-state index contributed by atoms with van der Waals surface area (Å²) in [6.45, 7) is 0. The Balaban J connectivity index is 2.45. The third-order valence-corrected chi connectivity index (χ3v) is 2.39. The fraction of sp³-hybridized carbons (Fsp3) is 0.0909. The van der Waals surface area contributed by atoms with Gasteiger partial charge in [-0.05, 0) is 12.1 Å². The summed E-state index contributed by atoms with van der Waals surface area (Å²) in [5.41, 5.74) is 2.41. The number of para-hydroxylation sites is 1. The fourth-order valence-corrected chi connectivity index (χ4v) is 1.50. The summed E-state index contributed by atoms with van der Waals surface area (Å²) in [6, 6.07) is 6.01. The molecule has 1 aromatic carbocycles. The first-order valence-electron chi connectivity index (χ1n) is 5.11. The molecule has 1 heterocycles. The van der Waals surface area contributed by atoms with Crippen LogP contribution in [0.4, 0.5) is 26.2 Å². The van der Waals surface area contributed by atoms with Crippen molar-refractivity contribution in [2.24, 2.45) is 5.84 Å². The minimum absolute atomic E-state index is 0.0505. The van der Waals surface area contributed by atoms with Crippen molar-refractivity contribution in [2.45, 2.75) is 0 Å². The highest BCUT2D eigenvalue weighted by Gasteiger charge is 2.15. The highest BCUT2D eigenvalue weighted by atomic mass is 19.1. The second kappa shape index (κ2) is 4.92. The molecule has 3 N–H and O–H groups in total. The molecule has 0 aliphatic heterocycles. The van der Waals surface area contributed by atoms with E-state index in [0.717, 1.165) is 6.20 Å². The molecule has 0 saturated carbocycles. The number of hydrazine groups is 1. The van der Waals surface area contributed by atoms with Crippen molar-refractivity contribution in [1.29, 1.82) is 0 Å². The van der Waals surface area contributed by atoms with Gasteiger partial charge in [0, 0.05) is 7.05 Å². The van der Waals surface area contributed by atoms with Crippen LogP contribution < -0.4 is 16.2 Å². The molecule has 0 bridgehead atoms. The van der Waals surface area contributed by atoms with Gasteiger partial charge in [0.2, 0.25) is 5.95 Å². The van der Waals surface area contributed by atoms with Crippen LogP contribution in [0.15, 0.2) is 30.5 Å². The number of hydrogen-bond donors (Lipinski definition) is 2. The van der Waals surface area contributed by atoms with Crippen molar-refractivity contribution >= 4 is 17.5 Å². The first-order chi connectivity index (χ1) is 8.63. The van der Waals surface area contributed by atoms with Crippen LogP contribution in [0.1, 0.15) is 0 Å². The second-order valence-electron chi connectivity index (χ2n) is 3.52. The Morgan fingerprint density at radius 3 is 2.61 bits per heavy atom. The van der Waals surface area contributed by atoms with Gasteiger partial charge in [-0.15, -0.1) is 0 Å². The van der Waals surface area contributed by atoms with Gasteiger partial charge < -0.3 is 4.90 Å². The third-order valence-electron chi connectivity index (χ3n) is 2.39. The van der Waals surface area contributed by atoms with Gasteiger partial charge in [0.05, 0.1) is 11.9 Å². The maximum Gasteiger partial charge on any atom is 0.239 e. The van der Waals surface area contributed by atoms with E-state index in [4.69, 9.17) is 5.84 Å². The molecule has 0 aliphatic rings. The van der Waals surface area contributed by atoms with E-state index in [1.807, 2.05) is 0 Å². The largest absolute Gasteiger partial charge is 0.324 e. The molecule has 0 atom stereocenters. The van der Waals surface area contributed by atoms with Gasteiger partial charge in [-0.1, -0.05) is 12.1 Å². The molecule has 0 saturated heterocycles. The Labute approximate surface area is 102 Å². The molecule has 0 amide bonds. The van der Waals surface area contributed by atoms with Crippen LogP contribution in [0.25, 0.3) is 0 Å². The van der Waals surface area contributed by atoms with E-state index in [1.54, 1.807) is 12.1 Å². The van der Waals surface area contributed by atoms with Crippen LogP contribution in [0.5, 0.6) is 0 Å². The number of nitrogen functional groups attached to an aromatic ring is 1.